The van der Waals surface area contributed by atoms with Crippen molar-refractivity contribution < 1.29 is 9.59 Å². The Bertz CT molecular complexity index is 325. The highest BCUT2D eigenvalue weighted by molar-refractivity contribution is 5.84. The monoisotopic (exact) mass is 266 g/mol. The van der Waals surface area contributed by atoms with Crippen LogP contribution in [0, 0.1) is 11.8 Å². The highest BCUT2D eigenvalue weighted by Gasteiger charge is 2.28. The Morgan fingerprint density at radius 1 is 1.21 bits per heavy atom. The van der Waals surface area contributed by atoms with Gasteiger partial charge in [-0.15, -0.1) is 0 Å². The maximum absolute atomic E-state index is 12.3. The average Bonchev–Trinajstić information content (AvgIpc) is 2.41. The van der Waals surface area contributed by atoms with E-state index in [1.54, 1.807) is 0 Å². The molecule has 0 aromatic carbocycles. The number of rotatable bonds is 3. The molecular weight excluding hydrogens is 240 g/mol. The van der Waals surface area contributed by atoms with E-state index in [0.29, 0.717) is 24.5 Å². The predicted octanol–water partition coefficient (Wildman–Crippen LogP) is 1.55. The van der Waals surface area contributed by atoms with Crippen molar-refractivity contribution in [1.29, 1.82) is 0 Å². The Labute approximate surface area is 116 Å². The fourth-order valence-corrected chi connectivity index (χ4v) is 3.22. The van der Waals surface area contributed by atoms with Crippen LogP contribution in [0.5, 0.6) is 0 Å². The Balaban J connectivity index is 1.77. The fourth-order valence-electron chi connectivity index (χ4n) is 3.22. The van der Waals surface area contributed by atoms with E-state index in [9.17, 15) is 9.59 Å². The zero-order valence-electron chi connectivity index (χ0n) is 12.2. The molecule has 0 N–H and O–H groups in total. The van der Waals surface area contributed by atoms with Gasteiger partial charge in [-0.25, -0.2) is 0 Å². The smallest absolute Gasteiger partial charge is 0.225 e. The molecule has 2 aliphatic rings. The number of amides is 1. The second-order valence-corrected chi connectivity index (χ2v) is 6.28. The van der Waals surface area contributed by atoms with E-state index in [-0.39, 0.29) is 11.8 Å². The second-order valence-electron chi connectivity index (χ2n) is 6.28. The molecule has 0 atom stereocenters. The predicted molar refractivity (Wildman–Crippen MR) is 74.8 cm³/mol. The molecular formula is C15H26N2O2. The van der Waals surface area contributed by atoms with Gasteiger partial charge in [0, 0.05) is 32.4 Å². The Morgan fingerprint density at radius 2 is 1.79 bits per heavy atom. The number of carbonyl (C=O) groups excluding carboxylic acids is 2. The molecule has 1 saturated carbocycles. The van der Waals surface area contributed by atoms with Crippen LogP contribution in [0.3, 0.4) is 0 Å². The van der Waals surface area contributed by atoms with E-state index < -0.39 is 0 Å². The molecule has 1 heterocycles. The van der Waals surface area contributed by atoms with Crippen LogP contribution in [0.25, 0.3) is 0 Å². The number of nitrogens with zero attached hydrogens (tertiary/aromatic N) is 2. The summed E-state index contributed by atoms with van der Waals surface area (Å²) in [5.74, 6) is 1.32. The highest BCUT2D eigenvalue weighted by Crippen LogP contribution is 2.24. The molecule has 0 aromatic heterocycles. The number of likely N-dealkylation sites (tertiary alicyclic amines) is 1. The first kappa shape index (κ1) is 14.5. The van der Waals surface area contributed by atoms with Gasteiger partial charge in [-0.1, -0.05) is 0 Å². The molecule has 1 aliphatic heterocycles. The molecule has 19 heavy (non-hydrogen) atoms. The van der Waals surface area contributed by atoms with Crippen molar-refractivity contribution in [2.45, 2.75) is 38.5 Å². The first-order valence-corrected chi connectivity index (χ1v) is 7.51. The molecule has 1 aliphatic carbocycles. The maximum Gasteiger partial charge on any atom is 0.225 e. The summed E-state index contributed by atoms with van der Waals surface area (Å²) in [6.07, 6.45) is 5.09. The number of Topliss-reactive ketones (excluding diaryl/α,β-unsaturated/α-hetero) is 1. The SMILES string of the molecule is CN1CCC(CN(C)C(=O)C2CCC(=O)CC2)CC1. The van der Waals surface area contributed by atoms with Gasteiger partial charge in [0.05, 0.1) is 0 Å². The molecule has 0 bridgehead atoms. The lowest BCUT2D eigenvalue weighted by atomic mass is 9.87. The minimum Gasteiger partial charge on any atom is -0.345 e. The average molecular weight is 266 g/mol. The van der Waals surface area contributed by atoms with Crippen LogP contribution in [-0.2, 0) is 9.59 Å². The van der Waals surface area contributed by atoms with E-state index >= 15 is 0 Å². The molecule has 4 nitrogen and oxygen atoms in total. The van der Waals surface area contributed by atoms with E-state index in [4.69, 9.17) is 0 Å². The van der Waals surface area contributed by atoms with Crippen LogP contribution in [-0.4, -0.2) is 55.2 Å². The molecule has 0 spiro atoms. The number of carbonyl (C=O) groups is 2. The summed E-state index contributed by atoms with van der Waals surface area (Å²) in [5, 5.41) is 0. The molecule has 0 unspecified atom stereocenters. The third kappa shape index (κ3) is 4.03. The lowest BCUT2D eigenvalue weighted by Gasteiger charge is -2.33. The number of hydrogen-bond acceptors (Lipinski definition) is 3. The molecule has 2 rings (SSSR count). The van der Waals surface area contributed by atoms with Gasteiger partial charge in [-0.05, 0) is 51.7 Å². The molecule has 1 amide bonds. The number of piperidine rings is 1. The van der Waals surface area contributed by atoms with Crippen molar-refractivity contribution in [2.24, 2.45) is 11.8 Å². The van der Waals surface area contributed by atoms with E-state index in [1.165, 1.54) is 12.8 Å². The Morgan fingerprint density at radius 3 is 2.37 bits per heavy atom. The molecule has 0 radical (unpaired) electrons. The molecule has 2 fully saturated rings. The third-order valence-electron chi connectivity index (χ3n) is 4.64. The number of ketones is 1. The standard InChI is InChI=1S/C15H26N2O2/c1-16-9-7-12(8-10-16)11-17(2)15(19)13-3-5-14(18)6-4-13/h12-13H,3-11H2,1-2H3. The van der Waals surface area contributed by atoms with E-state index in [2.05, 4.69) is 11.9 Å². The van der Waals surface area contributed by atoms with Gasteiger partial charge in [0.25, 0.3) is 0 Å². The Hall–Kier alpha value is -0.900. The summed E-state index contributed by atoms with van der Waals surface area (Å²) in [7, 11) is 4.08. The molecule has 1 saturated heterocycles. The maximum atomic E-state index is 12.3. The summed E-state index contributed by atoms with van der Waals surface area (Å²) in [6.45, 7) is 3.17. The minimum absolute atomic E-state index is 0.0916. The summed E-state index contributed by atoms with van der Waals surface area (Å²) >= 11 is 0. The summed E-state index contributed by atoms with van der Waals surface area (Å²) in [6, 6.07) is 0. The van der Waals surface area contributed by atoms with Crippen molar-refractivity contribution in [3.63, 3.8) is 0 Å². The van der Waals surface area contributed by atoms with Crippen LogP contribution in [0.2, 0.25) is 0 Å². The van der Waals surface area contributed by atoms with Crippen LogP contribution in [0.4, 0.5) is 0 Å². The summed E-state index contributed by atoms with van der Waals surface area (Å²) < 4.78 is 0. The largest absolute Gasteiger partial charge is 0.345 e. The molecule has 0 aromatic rings. The van der Waals surface area contributed by atoms with E-state index in [0.717, 1.165) is 32.5 Å². The van der Waals surface area contributed by atoms with Gasteiger partial charge in [0.15, 0.2) is 0 Å². The van der Waals surface area contributed by atoms with Gasteiger partial charge in [0.1, 0.15) is 5.78 Å². The van der Waals surface area contributed by atoms with Crippen molar-refractivity contribution in [3.8, 4) is 0 Å². The van der Waals surface area contributed by atoms with Gasteiger partial charge >= 0.3 is 0 Å². The van der Waals surface area contributed by atoms with Crippen LogP contribution in [0.15, 0.2) is 0 Å². The lowest BCUT2D eigenvalue weighted by Crippen LogP contribution is -2.41. The summed E-state index contributed by atoms with van der Waals surface area (Å²) in [4.78, 5) is 27.8. The van der Waals surface area contributed by atoms with E-state index in [1.807, 2.05) is 11.9 Å². The molecule has 108 valence electrons. The first-order valence-electron chi connectivity index (χ1n) is 7.51. The quantitative estimate of drug-likeness (QED) is 0.778. The highest BCUT2D eigenvalue weighted by atomic mass is 16.2. The molecule has 4 heteroatoms. The van der Waals surface area contributed by atoms with Crippen LogP contribution >= 0.6 is 0 Å². The first-order chi connectivity index (χ1) is 9.06. The van der Waals surface area contributed by atoms with Gasteiger partial charge in [-0.3, -0.25) is 9.59 Å². The van der Waals surface area contributed by atoms with Gasteiger partial charge in [-0.2, -0.15) is 0 Å². The summed E-state index contributed by atoms with van der Waals surface area (Å²) in [5.41, 5.74) is 0. The van der Waals surface area contributed by atoms with Crippen molar-refractivity contribution in [2.75, 3.05) is 33.7 Å². The van der Waals surface area contributed by atoms with Crippen LogP contribution < -0.4 is 0 Å². The Kier molecular flexibility index (Phi) is 4.97. The zero-order chi connectivity index (χ0) is 13.8. The second kappa shape index (κ2) is 6.51. The van der Waals surface area contributed by atoms with Gasteiger partial charge in [0.2, 0.25) is 5.91 Å². The minimum atomic E-state index is 0.0916. The zero-order valence-corrected chi connectivity index (χ0v) is 12.2. The number of hydrogen-bond donors (Lipinski definition) is 0. The third-order valence-corrected chi connectivity index (χ3v) is 4.64. The van der Waals surface area contributed by atoms with Crippen molar-refractivity contribution in [1.82, 2.24) is 9.80 Å². The van der Waals surface area contributed by atoms with Gasteiger partial charge < -0.3 is 9.80 Å². The van der Waals surface area contributed by atoms with Crippen molar-refractivity contribution in [3.05, 3.63) is 0 Å². The normalized spacial score (nSPS) is 23.6. The topological polar surface area (TPSA) is 40.6 Å². The fraction of sp³-hybridized carbons (Fsp3) is 0.867. The lowest BCUT2D eigenvalue weighted by molar-refractivity contribution is -0.137. The van der Waals surface area contributed by atoms with Crippen molar-refractivity contribution >= 4 is 11.7 Å². The van der Waals surface area contributed by atoms with Crippen LogP contribution in [0.1, 0.15) is 38.5 Å².